The first kappa shape index (κ1) is 14.6. The second-order valence-electron chi connectivity index (χ2n) is 4.01. The van der Waals surface area contributed by atoms with Crippen molar-refractivity contribution in [2.45, 2.75) is 13.8 Å². The average Bonchev–Trinajstić information content (AvgIpc) is 2.67. The highest BCUT2D eigenvalue weighted by atomic mass is 79.9. The molecule has 0 fully saturated rings. The standard InChI is InChI=1S/C12H10BrN3O3S/c1-6-7(2)20-12(14-6)15-11(17)8-4-3-5-9(10(8)13)16(18)19/h3-5H,1-2H3,(H,14,15,17). The summed E-state index contributed by atoms with van der Waals surface area (Å²) in [7, 11) is 0. The second-order valence-corrected chi connectivity index (χ2v) is 6.01. The smallest absolute Gasteiger partial charge is 0.284 e. The zero-order valence-electron chi connectivity index (χ0n) is 10.6. The molecule has 6 nitrogen and oxygen atoms in total. The van der Waals surface area contributed by atoms with Gasteiger partial charge in [-0.05, 0) is 35.8 Å². The number of nitro groups is 1. The number of nitrogens with zero attached hydrogens (tertiary/aromatic N) is 2. The Morgan fingerprint density at radius 3 is 2.70 bits per heavy atom. The number of nitro benzene ring substituents is 1. The van der Waals surface area contributed by atoms with Gasteiger partial charge < -0.3 is 0 Å². The van der Waals surface area contributed by atoms with Gasteiger partial charge >= 0.3 is 0 Å². The molecule has 1 amide bonds. The van der Waals surface area contributed by atoms with Gasteiger partial charge in [-0.3, -0.25) is 20.2 Å². The summed E-state index contributed by atoms with van der Waals surface area (Å²) in [5.74, 6) is -0.436. The van der Waals surface area contributed by atoms with E-state index in [1.165, 1.54) is 29.5 Å². The van der Waals surface area contributed by atoms with Crippen molar-refractivity contribution in [3.63, 3.8) is 0 Å². The Bertz CT molecular complexity index is 680. The topological polar surface area (TPSA) is 85.1 Å². The molecule has 1 heterocycles. The van der Waals surface area contributed by atoms with Crippen LogP contribution in [0.15, 0.2) is 22.7 Å². The summed E-state index contributed by atoms with van der Waals surface area (Å²) in [6.45, 7) is 3.76. The van der Waals surface area contributed by atoms with Crippen LogP contribution in [0.2, 0.25) is 0 Å². The van der Waals surface area contributed by atoms with Gasteiger partial charge in [-0.15, -0.1) is 11.3 Å². The van der Waals surface area contributed by atoms with E-state index < -0.39 is 10.8 Å². The monoisotopic (exact) mass is 355 g/mol. The first-order chi connectivity index (χ1) is 9.40. The van der Waals surface area contributed by atoms with Gasteiger partial charge in [0.05, 0.1) is 16.2 Å². The lowest BCUT2D eigenvalue weighted by atomic mass is 10.2. The number of hydrogen-bond acceptors (Lipinski definition) is 5. The molecule has 0 bridgehead atoms. The van der Waals surface area contributed by atoms with Crippen LogP contribution in [0, 0.1) is 24.0 Å². The van der Waals surface area contributed by atoms with Crippen LogP contribution >= 0.6 is 27.3 Å². The zero-order chi connectivity index (χ0) is 14.9. The van der Waals surface area contributed by atoms with Gasteiger partial charge in [0.1, 0.15) is 4.47 Å². The fraction of sp³-hybridized carbons (Fsp3) is 0.167. The first-order valence-electron chi connectivity index (χ1n) is 5.58. The summed E-state index contributed by atoms with van der Waals surface area (Å²) in [4.78, 5) is 27.6. The van der Waals surface area contributed by atoms with E-state index in [1.807, 2.05) is 13.8 Å². The molecule has 0 aliphatic rings. The van der Waals surface area contributed by atoms with Gasteiger partial charge in [-0.2, -0.15) is 0 Å². The normalized spacial score (nSPS) is 10.3. The predicted octanol–water partition coefficient (Wildman–Crippen LogP) is 3.68. The number of carbonyl (C=O) groups excluding carboxylic acids is 1. The number of aryl methyl sites for hydroxylation is 2. The quantitative estimate of drug-likeness (QED) is 0.671. The van der Waals surface area contributed by atoms with E-state index in [9.17, 15) is 14.9 Å². The van der Waals surface area contributed by atoms with Crippen LogP contribution in [-0.2, 0) is 0 Å². The maximum atomic E-state index is 12.1. The highest BCUT2D eigenvalue weighted by Crippen LogP contribution is 2.29. The van der Waals surface area contributed by atoms with Gasteiger partial charge in [0.15, 0.2) is 5.13 Å². The van der Waals surface area contributed by atoms with Crippen LogP contribution in [-0.4, -0.2) is 15.8 Å². The fourth-order valence-corrected chi connectivity index (χ4v) is 2.93. The van der Waals surface area contributed by atoms with Crippen LogP contribution in [0.5, 0.6) is 0 Å². The number of aromatic nitrogens is 1. The number of rotatable bonds is 3. The Morgan fingerprint density at radius 2 is 2.15 bits per heavy atom. The van der Waals surface area contributed by atoms with Crippen LogP contribution in [0.4, 0.5) is 10.8 Å². The molecule has 0 saturated carbocycles. The van der Waals surface area contributed by atoms with Crippen LogP contribution in [0.3, 0.4) is 0 Å². The molecular formula is C12H10BrN3O3S. The van der Waals surface area contributed by atoms with Crippen molar-refractivity contribution in [3.8, 4) is 0 Å². The molecule has 1 aromatic carbocycles. The van der Waals surface area contributed by atoms with Crippen molar-refractivity contribution in [2.75, 3.05) is 5.32 Å². The minimum absolute atomic E-state index is 0.149. The van der Waals surface area contributed by atoms with E-state index in [4.69, 9.17) is 0 Å². The molecule has 0 aliphatic heterocycles. The Balaban J connectivity index is 2.30. The molecule has 0 radical (unpaired) electrons. The van der Waals surface area contributed by atoms with Crippen molar-refractivity contribution in [2.24, 2.45) is 0 Å². The Morgan fingerprint density at radius 1 is 1.45 bits per heavy atom. The van der Waals surface area contributed by atoms with E-state index in [1.54, 1.807) is 0 Å². The van der Waals surface area contributed by atoms with Gasteiger partial charge in [-0.25, -0.2) is 4.98 Å². The number of halogens is 1. The second kappa shape index (κ2) is 5.68. The van der Waals surface area contributed by atoms with E-state index in [0.29, 0.717) is 5.13 Å². The molecule has 1 aromatic heterocycles. The minimum Gasteiger partial charge on any atom is -0.298 e. The summed E-state index contributed by atoms with van der Waals surface area (Å²) in [5, 5.41) is 14.0. The third-order valence-corrected chi connectivity index (χ3v) is 4.49. The summed E-state index contributed by atoms with van der Waals surface area (Å²) in [5.41, 5.74) is 0.900. The number of hydrogen-bond donors (Lipinski definition) is 1. The van der Waals surface area contributed by atoms with Gasteiger partial charge in [0.25, 0.3) is 11.6 Å². The maximum Gasteiger partial charge on any atom is 0.284 e. The number of carbonyl (C=O) groups is 1. The number of nitrogens with one attached hydrogen (secondary N) is 1. The summed E-state index contributed by atoms with van der Waals surface area (Å²) >= 11 is 4.46. The maximum absolute atomic E-state index is 12.1. The van der Waals surface area contributed by atoms with E-state index in [2.05, 4.69) is 26.2 Å². The van der Waals surface area contributed by atoms with E-state index >= 15 is 0 Å². The molecule has 20 heavy (non-hydrogen) atoms. The molecule has 0 atom stereocenters. The molecule has 0 spiro atoms. The van der Waals surface area contributed by atoms with E-state index in [-0.39, 0.29) is 15.7 Å². The number of amides is 1. The van der Waals surface area contributed by atoms with Crippen molar-refractivity contribution in [3.05, 3.63) is 48.9 Å². The lowest BCUT2D eigenvalue weighted by Gasteiger charge is -2.04. The molecule has 2 aromatic rings. The van der Waals surface area contributed by atoms with Crippen molar-refractivity contribution in [1.29, 1.82) is 0 Å². The molecule has 0 unspecified atom stereocenters. The zero-order valence-corrected chi connectivity index (χ0v) is 13.0. The SMILES string of the molecule is Cc1nc(NC(=O)c2cccc([N+](=O)[O-])c2Br)sc1C. The van der Waals surface area contributed by atoms with Gasteiger partial charge in [-0.1, -0.05) is 6.07 Å². The van der Waals surface area contributed by atoms with Crippen LogP contribution in [0.1, 0.15) is 20.9 Å². The highest BCUT2D eigenvalue weighted by Gasteiger charge is 2.20. The van der Waals surface area contributed by atoms with Crippen molar-refractivity contribution < 1.29 is 9.72 Å². The number of thiazole rings is 1. The summed E-state index contributed by atoms with van der Waals surface area (Å²) in [6, 6.07) is 4.31. The van der Waals surface area contributed by atoms with Crippen LogP contribution in [0.25, 0.3) is 0 Å². The lowest BCUT2D eigenvalue weighted by molar-refractivity contribution is -0.385. The third kappa shape index (κ3) is 2.86. The average molecular weight is 356 g/mol. The highest BCUT2D eigenvalue weighted by molar-refractivity contribution is 9.10. The third-order valence-electron chi connectivity index (χ3n) is 2.67. The largest absolute Gasteiger partial charge is 0.298 e. The van der Waals surface area contributed by atoms with E-state index in [0.717, 1.165) is 10.6 Å². The first-order valence-corrected chi connectivity index (χ1v) is 7.19. The molecule has 0 aliphatic carbocycles. The van der Waals surface area contributed by atoms with Gasteiger partial charge in [0, 0.05) is 10.9 Å². The predicted molar refractivity (Wildman–Crippen MR) is 80.3 cm³/mol. The minimum atomic E-state index is -0.543. The molecule has 1 N–H and O–H groups in total. The molecule has 104 valence electrons. The number of anilines is 1. The summed E-state index contributed by atoms with van der Waals surface area (Å²) < 4.78 is 0.160. The molecule has 8 heteroatoms. The van der Waals surface area contributed by atoms with Crippen molar-refractivity contribution >= 4 is 44.0 Å². The van der Waals surface area contributed by atoms with Crippen LogP contribution < -0.4 is 5.32 Å². The van der Waals surface area contributed by atoms with Crippen molar-refractivity contribution in [1.82, 2.24) is 4.98 Å². The summed E-state index contributed by atoms with van der Waals surface area (Å²) in [6.07, 6.45) is 0. The fourth-order valence-electron chi connectivity index (χ4n) is 1.53. The molecule has 0 saturated heterocycles. The molecular weight excluding hydrogens is 346 g/mol. The lowest BCUT2D eigenvalue weighted by Crippen LogP contribution is -2.13. The number of benzene rings is 1. The Hall–Kier alpha value is -1.80. The molecule has 2 rings (SSSR count). The Labute approximate surface area is 127 Å². The van der Waals surface area contributed by atoms with Gasteiger partial charge in [0.2, 0.25) is 0 Å². The Kier molecular flexibility index (Phi) is 4.15.